The summed E-state index contributed by atoms with van der Waals surface area (Å²) in [5.74, 6) is -0.632. The third kappa shape index (κ3) is 2.56. The number of anilines is 1. The molecule has 7 nitrogen and oxygen atoms in total. The molecule has 2 fully saturated rings. The Morgan fingerprint density at radius 2 is 1.95 bits per heavy atom. The number of aliphatic hydroxyl groups is 3. The summed E-state index contributed by atoms with van der Waals surface area (Å²) >= 11 is 0. The summed E-state index contributed by atoms with van der Waals surface area (Å²) in [5.41, 5.74) is 6.26. The number of hydrogen-bond donors (Lipinski definition) is 4. The van der Waals surface area contributed by atoms with Crippen LogP contribution in [0.3, 0.4) is 0 Å². The number of nitrogen functional groups attached to an aromatic ring is 1. The quantitative estimate of drug-likeness (QED) is 0.407. The Morgan fingerprint density at radius 1 is 1.23 bits per heavy atom. The summed E-state index contributed by atoms with van der Waals surface area (Å²) < 4.78 is 5.33. The van der Waals surface area contributed by atoms with Gasteiger partial charge < -0.3 is 25.8 Å². The number of fused-ring (bicyclic) bond motifs is 1. The predicted octanol–water partition coefficient (Wildman–Crippen LogP) is -1.04. The van der Waals surface area contributed by atoms with Crippen LogP contribution in [0.1, 0.15) is 16.8 Å². The number of para-hydroxylation sites is 1. The third-order valence-corrected chi connectivity index (χ3v) is 4.46. The topological polar surface area (TPSA) is 116 Å². The van der Waals surface area contributed by atoms with Crippen LogP contribution in [0.5, 0.6) is 0 Å². The Balaban J connectivity index is 1.73. The van der Waals surface area contributed by atoms with E-state index in [0.717, 1.165) is 0 Å². The highest BCUT2D eigenvalue weighted by atomic mass is 16.6. The molecule has 5 N–H and O–H groups in total. The van der Waals surface area contributed by atoms with Gasteiger partial charge in [-0.1, -0.05) is 12.1 Å². The molecule has 2 aliphatic rings. The highest BCUT2D eigenvalue weighted by Gasteiger charge is 2.49. The number of aliphatic hydroxyl groups excluding tert-OH is 3. The lowest BCUT2D eigenvalue weighted by Crippen LogP contribution is -2.62. The zero-order valence-electron chi connectivity index (χ0n) is 12.0. The van der Waals surface area contributed by atoms with Gasteiger partial charge in [-0.05, 0) is 18.6 Å². The molecule has 0 saturated carbocycles. The van der Waals surface area contributed by atoms with Crippen LogP contribution in [0.15, 0.2) is 24.3 Å². The summed E-state index contributed by atoms with van der Waals surface area (Å²) in [5, 5.41) is 30.2. The van der Waals surface area contributed by atoms with E-state index >= 15 is 0 Å². The number of hydrogen-bond acceptors (Lipinski definition) is 7. The largest absolute Gasteiger partial charge is 0.454 e. The fourth-order valence-electron chi connectivity index (χ4n) is 3.27. The monoisotopic (exact) mass is 308 g/mol. The number of carbonyl (C=O) groups is 1. The van der Waals surface area contributed by atoms with Crippen LogP contribution < -0.4 is 5.73 Å². The number of benzene rings is 1. The van der Waals surface area contributed by atoms with Gasteiger partial charge in [0.15, 0.2) is 0 Å². The molecule has 0 radical (unpaired) electrons. The van der Waals surface area contributed by atoms with Gasteiger partial charge >= 0.3 is 5.97 Å². The minimum Gasteiger partial charge on any atom is -0.454 e. The van der Waals surface area contributed by atoms with E-state index in [4.69, 9.17) is 10.5 Å². The van der Waals surface area contributed by atoms with Crippen LogP contribution in [0.4, 0.5) is 5.69 Å². The molecule has 0 spiro atoms. The van der Waals surface area contributed by atoms with Crippen LogP contribution >= 0.6 is 0 Å². The first-order valence-electron chi connectivity index (χ1n) is 7.33. The number of esters is 1. The molecule has 7 heteroatoms. The number of nitrogens with zero attached hydrogens (tertiary/aromatic N) is 1. The van der Waals surface area contributed by atoms with Gasteiger partial charge in [-0.15, -0.1) is 0 Å². The van der Waals surface area contributed by atoms with Crippen molar-refractivity contribution in [2.24, 2.45) is 0 Å². The van der Waals surface area contributed by atoms with Gasteiger partial charge in [0, 0.05) is 18.8 Å². The molecule has 1 unspecified atom stereocenters. The molecule has 2 saturated heterocycles. The summed E-state index contributed by atoms with van der Waals surface area (Å²) in [6.45, 7) is 0.871. The second-order valence-electron chi connectivity index (χ2n) is 5.85. The van der Waals surface area contributed by atoms with E-state index in [-0.39, 0.29) is 12.1 Å². The average Bonchev–Trinajstić information content (AvgIpc) is 2.86. The molecule has 0 aliphatic carbocycles. The average molecular weight is 308 g/mol. The fraction of sp³-hybridized carbons (Fsp3) is 0.533. The standard InChI is InChI=1S/C15H20N2O5/c16-9-4-2-1-3-8(9)15(21)22-11-7-17-6-5-10(18)12(17)14(20)13(11)19/h1-4,10-14,18-20H,5-7,16H2/t10-,11-,12?,13+,14+/m0/s1. The predicted molar refractivity (Wildman–Crippen MR) is 78.1 cm³/mol. The van der Waals surface area contributed by atoms with E-state index < -0.39 is 36.4 Å². The van der Waals surface area contributed by atoms with Crippen molar-refractivity contribution in [2.75, 3.05) is 18.8 Å². The normalized spacial score (nSPS) is 35.1. The molecular weight excluding hydrogens is 288 g/mol. The minimum atomic E-state index is -1.23. The van der Waals surface area contributed by atoms with Crippen molar-refractivity contribution in [3.63, 3.8) is 0 Å². The molecule has 120 valence electrons. The lowest BCUT2D eigenvalue weighted by atomic mass is 9.93. The molecule has 1 aromatic rings. The minimum absolute atomic E-state index is 0.229. The Kier molecular flexibility index (Phi) is 4.05. The van der Waals surface area contributed by atoms with Crippen molar-refractivity contribution in [3.8, 4) is 0 Å². The SMILES string of the molecule is Nc1ccccc1C(=O)O[C@H]1CN2CC[C@H](O)C2[C@@H](O)[C@@H]1O. The Morgan fingerprint density at radius 3 is 2.68 bits per heavy atom. The number of rotatable bonds is 2. The Hall–Kier alpha value is -1.67. The van der Waals surface area contributed by atoms with E-state index in [0.29, 0.717) is 18.7 Å². The van der Waals surface area contributed by atoms with Crippen molar-refractivity contribution in [3.05, 3.63) is 29.8 Å². The third-order valence-electron chi connectivity index (χ3n) is 4.46. The first-order valence-corrected chi connectivity index (χ1v) is 7.33. The summed E-state index contributed by atoms with van der Waals surface area (Å²) in [6.07, 6.45) is -3.39. The molecule has 1 aromatic carbocycles. The van der Waals surface area contributed by atoms with Crippen molar-refractivity contribution < 1.29 is 24.9 Å². The summed E-state index contributed by atoms with van der Waals surface area (Å²) in [6, 6.07) is 6.01. The molecule has 3 rings (SSSR count). The molecule has 0 bridgehead atoms. The molecule has 2 heterocycles. The molecular formula is C15H20N2O5. The van der Waals surface area contributed by atoms with Crippen molar-refractivity contribution in [1.82, 2.24) is 4.90 Å². The van der Waals surface area contributed by atoms with E-state index in [1.165, 1.54) is 0 Å². The maximum atomic E-state index is 12.2. The van der Waals surface area contributed by atoms with Crippen LogP contribution in [0.25, 0.3) is 0 Å². The van der Waals surface area contributed by atoms with Crippen molar-refractivity contribution in [2.45, 2.75) is 36.9 Å². The van der Waals surface area contributed by atoms with Crippen LogP contribution in [-0.4, -0.2) is 69.7 Å². The summed E-state index contributed by atoms with van der Waals surface area (Å²) in [4.78, 5) is 14.0. The van der Waals surface area contributed by atoms with Crippen LogP contribution in [0.2, 0.25) is 0 Å². The Labute approximate surface area is 127 Å². The Bertz CT molecular complexity index is 567. The number of carbonyl (C=O) groups excluding carboxylic acids is 1. The van der Waals surface area contributed by atoms with E-state index in [9.17, 15) is 20.1 Å². The van der Waals surface area contributed by atoms with Gasteiger partial charge in [0.1, 0.15) is 18.3 Å². The van der Waals surface area contributed by atoms with E-state index in [1.807, 2.05) is 4.90 Å². The van der Waals surface area contributed by atoms with Crippen molar-refractivity contribution in [1.29, 1.82) is 0 Å². The second-order valence-corrected chi connectivity index (χ2v) is 5.85. The van der Waals surface area contributed by atoms with Gasteiger partial charge in [-0.25, -0.2) is 4.79 Å². The van der Waals surface area contributed by atoms with E-state index in [2.05, 4.69) is 0 Å². The molecule has 0 amide bonds. The highest BCUT2D eigenvalue weighted by Crippen LogP contribution is 2.30. The smallest absolute Gasteiger partial charge is 0.340 e. The first kappa shape index (κ1) is 15.2. The maximum absolute atomic E-state index is 12.2. The van der Waals surface area contributed by atoms with Crippen LogP contribution in [-0.2, 0) is 4.74 Å². The van der Waals surface area contributed by atoms with Crippen LogP contribution in [0, 0.1) is 0 Å². The van der Waals surface area contributed by atoms with Gasteiger partial charge in [0.05, 0.1) is 17.7 Å². The molecule has 22 heavy (non-hydrogen) atoms. The lowest BCUT2D eigenvalue weighted by molar-refractivity contribution is -0.143. The van der Waals surface area contributed by atoms with Gasteiger partial charge in [0.2, 0.25) is 0 Å². The first-order chi connectivity index (χ1) is 10.5. The van der Waals surface area contributed by atoms with Crippen molar-refractivity contribution >= 4 is 11.7 Å². The van der Waals surface area contributed by atoms with Gasteiger partial charge in [-0.3, -0.25) is 4.90 Å². The zero-order valence-corrected chi connectivity index (χ0v) is 12.0. The van der Waals surface area contributed by atoms with E-state index in [1.54, 1.807) is 24.3 Å². The highest BCUT2D eigenvalue weighted by molar-refractivity contribution is 5.95. The maximum Gasteiger partial charge on any atom is 0.340 e. The summed E-state index contributed by atoms with van der Waals surface area (Å²) in [7, 11) is 0. The molecule has 2 aliphatic heterocycles. The zero-order chi connectivity index (χ0) is 15.9. The second kappa shape index (κ2) is 5.85. The van der Waals surface area contributed by atoms with Gasteiger partial charge in [0.25, 0.3) is 0 Å². The fourth-order valence-corrected chi connectivity index (χ4v) is 3.27. The molecule has 0 aromatic heterocycles. The van der Waals surface area contributed by atoms with Gasteiger partial charge in [-0.2, -0.15) is 0 Å². The number of nitrogens with two attached hydrogens (primary N) is 1. The number of piperidine rings is 1. The number of ether oxygens (including phenoxy) is 1. The molecule has 5 atom stereocenters. The lowest BCUT2D eigenvalue weighted by Gasteiger charge is -2.42.